The molecule has 9 heteroatoms. The Balaban J connectivity index is 1.25. The van der Waals surface area contributed by atoms with Crippen LogP contribution in [-0.4, -0.2) is 55.2 Å². The number of nitrogens with zero attached hydrogens (tertiary/aromatic N) is 5. The molecule has 1 aliphatic rings. The molecular weight excluding hydrogens is 408 g/mol. The number of hydrogen-bond donors (Lipinski definition) is 1. The molecule has 170 valence electrons. The number of carbonyl (C=O) groups is 1. The van der Waals surface area contributed by atoms with E-state index in [1.165, 1.54) is 11.6 Å². The monoisotopic (exact) mass is 438 g/mol. The lowest BCUT2D eigenvalue weighted by atomic mass is 10.0. The first-order chi connectivity index (χ1) is 15.4. The minimum Gasteiger partial charge on any atom is -0.353 e. The summed E-state index contributed by atoms with van der Waals surface area (Å²) in [5, 5.41) is 3.16. The summed E-state index contributed by atoms with van der Waals surface area (Å²) in [7, 11) is 3.12. The predicted molar refractivity (Wildman–Crippen MR) is 123 cm³/mol. The normalized spacial score (nSPS) is 15.3. The molecule has 32 heavy (non-hydrogen) atoms. The van der Waals surface area contributed by atoms with Gasteiger partial charge in [-0.2, -0.15) is 0 Å². The van der Waals surface area contributed by atoms with E-state index in [0.29, 0.717) is 24.1 Å². The number of carbonyl (C=O) groups excluding carboxylic acids is 1. The molecule has 1 amide bonds. The second-order valence-corrected chi connectivity index (χ2v) is 8.52. The number of likely N-dealkylation sites (tertiary alicyclic amines) is 1. The SMILES string of the molecule is Cn1c(=O)c2c(ncn2CCCN2CCC(NC(=O)Cc3ccccc3)CC2)n(C)c1=O. The standard InChI is InChI=1S/C23H30N6O3/c1-26-21-20(22(31)27(2)23(26)32)29(16-24-21)12-6-11-28-13-9-18(10-14-28)25-19(30)15-17-7-4-3-5-8-17/h3-5,7-8,16,18H,6,9-15H2,1-2H3,(H,25,30). The lowest BCUT2D eigenvalue weighted by Gasteiger charge is -2.32. The number of rotatable bonds is 7. The first-order valence-electron chi connectivity index (χ1n) is 11.1. The van der Waals surface area contributed by atoms with Crippen molar-refractivity contribution in [2.45, 2.75) is 38.3 Å². The minimum absolute atomic E-state index is 0.0811. The van der Waals surface area contributed by atoms with Gasteiger partial charge in [0.05, 0.1) is 12.7 Å². The Kier molecular flexibility index (Phi) is 6.55. The largest absolute Gasteiger partial charge is 0.353 e. The van der Waals surface area contributed by atoms with E-state index in [1.807, 2.05) is 34.9 Å². The molecule has 0 saturated carbocycles. The molecule has 0 atom stereocenters. The molecule has 1 aliphatic heterocycles. The third kappa shape index (κ3) is 4.67. The summed E-state index contributed by atoms with van der Waals surface area (Å²) in [6, 6.07) is 10.0. The highest BCUT2D eigenvalue weighted by molar-refractivity contribution is 5.78. The molecule has 1 saturated heterocycles. The molecule has 3 aromatic rings. The fraction of sp³-hybridized carbons (Fsp3) is 0.478. The summed E-state index contributed by atoms with van der Waals surface area (Å²) >= 11 is 0. The van der Waals surface area contributed by atoms with Crippen molar-refractivity contribution in [3.63, 3.8) is 0 Å². The van der Waals surface area contributed by atoms with Gasteiger partial charge in [0, 0.05) is 39.8 Å². The van der Waals surface area contributed by atoms with Crippen LogP contribution in [0.25, 0.3) is 11.2 Å². The van der Waals surface area contributed by atoms with E-state index in [-0.39, 0.29) is 23.2 Å². The number of aryl methyl sites for hydroxylation is 2. The molecule has 0 spiro atoms. The summed E-state index contributed by atoms with van der Waals surface area (Å²) in [5.74, 6) is 0.0811. The van der Waals surface area contributed by atoms with E-state index in [0.717, 1.165) is 49.0 Å². The third-order valence-electron chi connectivity index (χ3n) is 6.25. The van der Waals surface area contributed by atoms with Gasteiger partial charge in [0.15, 0.2) is 11.2 Å². The number of hydrogen-bond acceptors (Lipinski definition) is 5. The number of imidazole rings is 1. The predicted octanol–water partition coefficient (Wildman–Crippen LogP) is 0.647. The second-order valence-electron chi connectivity index (χ2n) is 8.52. The van der Waals surface area contributed by atoms with Crippen molar-refractivity contribution in [2.75, 3.05) is 19.6 Å². The van der Waals surface area contributed by atoms with E-state index in [9.17, 15) is 14.4 Å². The van der Waals surface area contributed by atoms with Gasteiger partial charge in [-0.3, -0.25) is 18.7 Å². The molecule has 0 bridgehead atoms. The van der Waals surface area contributed by atoms with Crippen LogP contribution in [0, 0.1) is 0 Å². The number of amides is 1. The van der Waals surface area contributed by atoms with Crippen LogP contribution in [0.15, 0.2) is 46.2 Å². The molecule has 1 N–H and O–H groups in total. The summed E-state index contributed by atoms with van der Waals surface area (Å²) in [6.45, 7) is 3.46. The fourth-order valence-electron chi connectivity index (χ4n) is 4.39. The first-order valence-corrected chi connectivity index (χ1v) is 11.1. The topological polar surface area (TPSA) is 94.2 Å². The highest BCUT2D eigenvalue weighted by atomic mass is 16.2. The van der Waals surface area contributed by atoms with Gasteiger partial charge in [0.25, 0.3) is 5.56 Å². The quantitative estimate of drug-likeness (QED) is 0.585. The molecule has 9 nitrogen and oxygen atoms in total. The molecule has 0 radical (unpaired) electrons. The lowest BCUT2D eigenvalue weighted by molar-refractivity contribution is -0.121. The molecule has 3 heterocycles. The van der Waals surface area contributed by atoms with E-state index < -0.39 is 0 Å². The van der Waals surface area contributed by atoms with Crippen LogP contribution in [0.3, 0.4) is 0 Å². The highest BCUT2D eigenvalue weighted by Crippen LogP contribution is 2.12. The maximum absolute atomic E-state index is 12.5. The van der Waals surface area contributed by atoms with Gasteiger partial charge < -0.3 is 14.8 Å². The first kappa shape index (κ1) is 22.0. The molecular formula is C23H30N6O3. The smallest absolute Gasteiger partial charge is 0.332 e. The van der Waals surface area contributed by atoms with Crippen molar-refractivity contribution in [3.05, 3.63) is 63.1 Å². The van der Waals surface area contributed by atoms with Crippen molar-refractivity contribution in [2.24, 2.45) is 14.1 Å². The van der Waals surface area contributed by atoms with Gasteiger partial charge in [0.2, 0.25) is 5.91 Å². The lowest BCUT2D eigenvalue weighted by Crippen LogP contribution is -2.45. The molecule has 4 rings (SSSR count). The summed E-state index contributed by atoms with van der Waals surface area (Å²) < 4.78 is 4.37. The number of benzene rings is 1. The van der Waals surface area contributed by atoms with Gasteiger partial charge in [-0.15, -0.1) is 0 Å². The van der Waals surface area contributed by atoms with Crippen LogP contribution in [0.1, 0.15) is 24.8 Å². The third-order valence-corrected chi connectivity index (χ3v) is 6.25. The Bertz CT molecular complexity index is 1200. The van der Waals surface area contributed by atoms with Crippen molar-refractivity contribution >= 4 is 17.1 Å². The van der Waals surface area contributed by atoms with E-state index in [1.54, 1.807) is 13.4 Å². The molecule has 1 aromatic carbocycles. The van der Waals surface area contributed by atoms with Crippen LogP contribution in [0.4, 0.5) is 0 Å². The van der Waals surface area contributed by atoms with Gasteiger partial charge in [-0.25, -0.2) is 9.78 Å². The van der Waals surface area contributed by atoms with Gasteiger partial charge in [-0.05, 0) is 31.4 Å². The van der Waals surface area contributed by atoms with E-state index in [2.05, 4.69) is 15.2 Å². The van der Waals surface area contributed by atoms with Crippen molar-refractivity contribution in [1.82, 2.24) is 28.9 Å². The molecule has 1 fully saturated rings. The van der Waals surface area contributed by atoms with Crippen LogP contribution in [-0.2, 0) is 31.9 Å². The van der Waals surface area contributed by atoms with E-state index >= 15 is 0 Å². The average molecular weight is 439 g/mol. The number of piperidine rings is 1. The average Bonchev–Trinajstić information content (AvgIpc) is 3.22. The molecule has 0 unspecified atom stereocenters. The van der Waals surface area contributed by atoms with Crippen LogP contribution in [0.5, 0.6) is 0 Å². The van der Waals surface area contributed by atoms with Gasteiger partial charge >= 0.3 is 5.69 Å². The van der Waals surface area contributed by atoms with E-state index in [4.69, 9.17) is 0 Å². The van der Waals surface area contributed by atoms with Crippen LogP contribution >= 0.6 is 0 Å². The van der Waals surface area contributed by atoms with Crippen molar-refractivity contribution in [3.8, 4) is 0 Å². The highest BCUT2D eigenvalue weighted by Gasteiger charge is 2.21. The van der Waals surface area contributed by atoms with Crippen molar-refractivity contribution < 1.29 is 4.79 Å². The Morgan fingerprint density at radius 1 is 1.06 bits per heavy atom. The Morgan fingerprint density at radius 2 is 1.78 bits per heavy atom. The zero-order chi connectivity index (χ0) is 22.7. The summed E-state index contributed by atoms with van der Waals surface area (Å²) in [5.41, 5.74) is 1.24. The van der Waals surface area contributed by atoms with Crippen LogP contribution in [0.2, 0.25) is 0 Å². The van der Waals surface area contributed by atoms with Gasteiger partial charge in [-0.1, -0.05) is 30.3 Å². The molecule has 2 aromatic heterocycles. The van der Waals surface area contributed by atoms with Crippen LogP contribution < -0.4 is 16.6 Å². The number of nitrogens with one attached hydrogen (secondary N) is 1. The fourth-order valence-corrected chi connectivity index (χ4v) is 4.39. The Morgan fingerprint density at radius 3 is 2.50 bits per heavy atom. The van der Waals surface area contributed by atoms with Gasteiger partial charge in [0.1, 0.15) is 0 Å². The summed E-state index contributed by atoms with van der Waals surface area (Å²) in [6.07, 6.45) is 4.82. The maximum atomic E-state index is 12.5. The number of aromatic nitrogens is 4. The molecule has 0 aliphatic carbocycles. The summed E-state index contributed by atoms with van der Waals surface area (Å²) in [4.78, 5) is 43.5. The van der Waals surface area contributed by atoms with Crippen molar-refractivity contribution in [1.29, 1.82) is 0 Å². The minimum atomic E-state index is -0.369. The Hall–Kier alpha value is -3.20. The second kappa shape index (κ2) is 9.52. The zero-order valence-electron chi connectivity index (χ0n) is 18.7. The maximum Gasteiger partial charge on any atom is 0.332 e. The Labute approximate surface area is 186 Å². The number of fused-ring (bicyclic) bond motifs is 1. The zero-order valence-corrected chi connectivity index (χ0v) is 18.7.